The molecule has 1 aromatic carbocycles. The molecular formula is C17H21ClN2S. The lowest BCUT2D eigenvalue weighted by molar-refractivity contribution is 0.244. The molecule has 4 heteroatoms. The van der Waals surface area contributed by atoms with E-state index in [0.717, 1.165) is 16.8 Å². The van der Waals surface area contributed by atoms with Gasteiger partial charge in [0.05, 0.1) is 4.34 Å². The first-order valence-electron chi connectivity index (χ1n) is 7.41. The molecular weight excluding hydrogens is 300 g/mol. The number of benzene rings is 1. The summed E-state index contributed by atoms with van der Waals surface area (Å²) in [7, 11) is 2.13. The lowest BCUT2D eigenvalue weighted by atomic mass is 10.0. The van der Waals surface area contributed by atoms with Gasteiger partial charge in [0.25, 0.3) is 0 Å². The third-order valence-electron chi connectivity index (χ3n) is 4.13. The van der Waals surface area contributed by atoms with E-state index in [-0.39, 0.29) is 6.04 Å². The maximum atomic E-state index is 6.04. The summed E-state index contributed by atoms with van der Waals surface area (Å²) in [6.45, 7) is 1.51. The van der Waals surface area contributed by atoms with E-state index in [0.29, 0.717) is 6.54 Å². The molecule has 0 radical (unpaired) electrons. The van der Waals surface area contributed by atoms with Gasteiger partial charge in [-0.2, -0.15) is 0 Å². The summed E-state index contributed by atoms with van der Waals surface area (Å²) in [4.78, 5) is 3.59. The zero-order chi connectivity index (χ0) is 14.8. The van der Waals surface area contributed by atoms with Crippen LogP contribution in [0.4, 0.5) is 0 Å². The molecule has 0 saturated heterocycles. The molecule has 1 saturated carbocycles. The summed E-state index contributed by atoms with van der Waals surface area (Å²) < 4.78 is 0.846. The minimum absolute atomic E-state index is 0.254. The number of thiophene rings is 1. The second kappa shape index (κ2) is 6.49. The molecule has 2 aromatic rings. The molecule has 1 aliphatic rings. The third kappa shape index (κ3) is 3.67. The van der Waals surface area contributed by atoms with E-state index >= 15 is 0 Å². The van der Waals surface area contributed by atoms with Crippen molar-refractivity contribution >= 4 is 22.9 Å². The molecule has 112 valence electrons. The van der Waals surface area contributed by atoms with E-state index in [9.17, 15) is 0 Å². The van der Waals surface area contributed by atoms with Crippen LogP contribution in [0.5, 0.6) is 0 Å². The van der Waals surface area contributed by atoms with Crippen LogP contribution in [-0.4, -0.2) is 18.5 Å². The van der Waals surface area contributed by atoms with E-state index in [1.54, 1.807) is 11.3 Å². The van der Waals surface area contributed by atoms with Gasteiger partial charge in [-0.15, -0.1) is 11.3 Å². The van der Waals surface area contributed by atoms with Gasteiger partial charge in [0, 0.05) is 24.0 Å². The van der Waals surface area contributed by atoms with Crippen LogP contribution in [-0.2, 0) is 6.54 Å². The Morgan fingerprint density at radius 3 is 2.76 bits per heavy atom. The van der Waals surface area contributed by atoms with Crippen molar-refractivity contribution in [3.63, 3.8) is 0 Å². The molecule has 1 unspecified atom stereocenters. The first-order valence-corrected chi connectivity index (χ1v) is 8.61. The van der Waals surface area contributed by atoms with Gasteiger partial charge in [0.2, 0.25) is 0 Å². The predicted molar refractivity (Wildman–Crippen MR) is 91.0 cm³/mol. The van der Waals surface area contributed by atoms with E-state index in [1.165, 1.54) is 28.8 Å². The number of hydrogen-bond acceptors (Lipinski definition) is 3. The number of nitrogens with zero attached hydrogens (tertiary/aromatic N) is 1. The standard InChI is InChI=1S/C17H21ClN2S/c1-20(11-15-7-8-17(18)21-15)16(10-19)14-4-2-3-13(9-14)12-5-6-12/h2-4,7-9,12,16H,5-6,10-11,19H2,1H3. The first kappa shape index (κ1) is 15.0. The van der Waals surface area contributed by atoms with Gasteiger partial charge in [-0.05, 0) is 49.1 Å². The van der Waals surface area contributed by atoms with Crippen LogP contribution in [0.25, 0.3) is 0 Å². The van der Waals surface area contributed by atoms with Crippen molar-refractivity contribution in [2.75, 3.05) is 13.6 Å². The largest absolute Gasteiger partial charge is 0.329 e. The SMILES string of the molecule is CN(Cc1ccc(Cl)s1)C(CN)c1cccc(C2CC2)c1. The third-order valence-corrected chi connectivity index (χ3v) is 5.35. The fourth-order valence-electron chi connectivity index (χ4n) is 2.80. The summed E-state index contributed by atoms with van der Waals surface area (Å²) in [5, 5.41) is 0. The fraction of sp³-hybridized carbons (Fsp3) is 0.412. The molecule has 2 nitrogen and oxygen atoms in total. The highest BCUT2D eigenvalue weighted by Crippen LogP contribution is 2.40. The quantitative estimate of drug-likeness (QED) is 0.854. The second-order valence-corrected chi connectivity index (χ2v) is 7.62. The Labute approximate surface area is 135 Å². The normalized spacial score (nSPS) is 16.4. The van der Waals surface area contributed by atoms with Crippen molar-refractivity contribution in [3.8, 4) is 0 Å². The summed E-state index contributed by atoms with van der Waals surface area (Å²) in [6.07, 6.45) is 2.67. The van der Waals surface area contributed by atoms with Crippen LogP contribution in [0.2, 0.25) is 4.34 Å². The van der Waals surface area contributed by atoms with Crippen molar-refractivity contribution in [2.45, 2.75) is 31.3 Å². The molecule has 1 fully saturated rings. The topological polar surface area (TPSA) is 29.3 Å². The van der Waals surface area contributed by atoms with Crippen molar-refractivity contribution in [3.05, 3.63) is 56.7 Å². The number of hydrogen-bond donors (Lipinski definition) is 1. The minimum Gasteiger partial charge on any atom is -0.329 e. The summed E-state index contributed by atoms with van der Waals surface area (Å²) in [5.41, 5.74) is 8.84. The van der Waals surface area contributed by atoms with Crippen molar-refractivity contribution < 1.29 is 0 Å². The number of likely N-dealkylation sites (N-methyl/N-ethyl adjacent to an activating group) is 1. The fourth-order valence-corrected chi connectivity index (χ4v) is 3.95. The smallest absolute Gasteiger partial charge is 0.0931 e. The molecule has 21 heavy (non-hydrogen) atoms. The van der Waals surface area contributed by atoms with Gasteiger partial charge in [-0.25, -0.2) is 0 Å². The van der Waals surface area contributed by atoms with E-state index in [1.807, 2.05) is 6.07 Å². The van der Waals surface area contributed by atoms with Gasteiger partial charge in [-0.1, -0.05) is 35.9 Å². The zero-order valence-electron chi connectivity index (χ0n) is 12.3. The maximum Gasteiger partial charge on any atom is 0.0931 e. The summed E-state index contributed by atoms with van der Waals surface area (Å²) in [5.74, 6) is 0.782. The van der Waals surface area contributed by atoms with E-state index in [4.69, 9.17) is 17.3 Å². The molecule has 0 aliphatic heterocycles. The molecule has 0 bridgehead atoms. The van der Waals surface area contributed by atoms with Gasteiger partial charge in [0.1, 0.15) is 0 Å². The summed E-state index contributed by atoms with van der Waals surface area (Å²) >= 11 is 7.65. The second-order valence-electron chi connectivity index (χ2n) is 5.82. The van der Waals surface area contributed by atoms with Crippen LogP contribution in [0.15, 0.2) is 36.4 Å². The first-order chi connectivity index (χ1) is 10.2. The molecule has 0 amide bonds. The summed E-state index contributed by atoms with van der Waals surface area (Å²) in [6, 6.07) is 13.3. The predicted octanol–water partition coefficient (Wildman–Crippen LogP) is 4.41. The average Bonchev–Trinajstić information content (AvgIpc) is 3.24. The van der Waals surface area contributed by atoms with Gasteiger partial charge >= 0.3 is 0 Å². The van der Waals surface area contributed by atoms with Gasteiger partial charge in [0.15, 0.2) is 0 Å². The van der Waals surface area contributed by atoms with Crippen molar-refractivity contribution in [1.82, 2.24) is 4.90 Å². The van der Waals surface area contributed by atoms with Crippen molar-refractivity contribution in [2.24, 2.45) is 5.73 Å². The molecule has 3 rings (SSSR count). The number of halogens is 1. The highest BCUT2D eigenvalue weighted by atomic mass is 35.5. The Kier molecular flexibility index (Phi) is 4.65. The van der Waals surface area contributed by atoms with Crippen LogP contribution in [0.1, 0.15) is 40.8 Å². The Morgan fingerprint density at radius 2 is 2.14 bits per heavy atom. The molecule has 2 N–H and O–H groups in total. The highest BCUT2D eigenvalue weighted by molar-refractivity contribution is 7.16. The number of rotatable bonds is 6. The zero-order valence-corrected chi connectivity index (χ0v) is 13.8. The van der Waals surface area contributed by atoms with Crippen LogP contribution in [0, 0.1) is 0 Å². The lowest BCUT2D eigenvalue weighted by Crippen LogP contribution is -2.30. The van der Waals surface area contributed by atoms with E-state index < -0.39 is 0 Å². The highest BCUT2D eigenvalue weighted by Gasteiger charge is 2.24. The molecule has 1 aliphatic carbocycles. The molecule has 0 spiro atoms. The van der Waals surface area contributed by atoms with Crippen molar-refractivity contribution in [1.29, 1.82) is 0 Å². The Balaban J connectivity index is 1.75. The van der Waals surface area contributed by atoms with Crippen LogP contribution in [0.3, 0.4) is 0 Å². The lowest BCUT2D eigenvalue weighted by Gasteiger charge is -2.27. The average molecular weight is 321 g/mol. The van der Waals surface area contributed by atoms with Gasteiger partial charge in [-0.3, -0.25) is 4.90 Å². The molecule has 1 heterocycles. The maximum absolute atomic E-state index is 6.04. The Bertz CT molecular complexity index is 606. The van der Waals surface area contributed by atoms with Crippen LogP contribution >= 0.6 is 22.9 Å². The van der Waals surface area contributed by atoms with Gasteiger partial charge < -0.3 is 5.73 Å². The number of nitrogens with two attached hydrogens (primary N) is 1. The van der Waals surface area contributed by atoms with E-state index in [2.05, 4.69) is 42.3 Å². The Morgan fingerprint density at radius 1 is 1.33 bits per heavy atom. The molecule has 1 aromatic heterocycles. The minimum atomic E-state index is 0.254. The molecule has 1 atom stereocenters. The monoisotopic (exact) mass is 320 g/mol. The van der Waals surface area contributed by atoms with Crippen LogP contribution < -0.4 is 5.73 Å². The Hall–Kier alpha value is -0.870.